The molecule has 0 amide bonds. The van der Waals surface area contributed by atoms with Crippen molar-refractivity contribution in [2.45, 2.75) is 33.5 Å². The highest BCUT2D eigenvalue weighted by molar-refractivity contribution is 5.38. The number of aryl methyl sites for hydroxylation is 1. The van der Waals surface area contributed by atoms with Crippen LogP contribution in [0, 0.1) is 0 Å². The van der Waals surface area contributed by atoms with Crippen molar-refractivity contribution in [1.82, 2.24) is 24.2 Å². The van der Waals surface area contributed by atoms with Crippen LogP contribution < -0.4 is 4.74 Å². The van der Waals surface area contributed by atoms with Crippen molar-refractivity contribution in [3.8, 4) is 11.4 Å². The van der Waals surface area contributed by atoms with Crippen molar-refractivity contribution in [2.24, 2.45) is 0 Å². The van der Waals surface area contributed by atoms with E-state index in [1.165, 1.54) is 5.56 Å². The highest BCUT2D eigenvalue weighted by atomic mass is 16.5. The van der Waals surface area contributed by atoms with Gasteiger partial charge in [0, 0.05) is 42.9 Å². The maximum Gasteiger partial charge on any atom is 0.127 e. The van der Waals surface area contributed by atoms with E-state index in [1.54, 1.807) is 7.11 Å². The van der Waals surface area contributed by atoms with Crippen LogP contribution in [0.1, 0.15) is 25.2 Å². The van der Waals surface area contributed by atoms with Crippen LogP contribution in [0.25, 0.3) is 5.69 Å². The van der Waals surface area contributed by atoms with Crippen molar-refractivity contribution in [1.29, 1.82) is 0 Å². The molecule has 3 aromatic rings. The number of hydrogen-bond acceptors (Lipinski definition) is 4. The fourth-order valence-corrected chi connectivity index (χ4v) is 2.83. The van der Waals surface area contributed by atoms with Gasteiger partial charge in [-0.1, -0.05) is 6.92 Å². The Kier molecular flexibility index (Phi) is 5.50. The first-order chi connectivity index (χ1) is 12.2. The number of methoxy groups -OCH3 is 1. The highest BCUT2D eigenvalue weighted by Crippen LogP contribution is 2.17. The molecule has 0 aliphatic carbocycles. The molecule has 0 aliphatic heterocycles. The Labute approximate surface area is 148 Å². The quantitative estimate of drug-likeness (QED) is 0.633. The van der Waals surface area contributed by atoms with Crippen LogP contribution in [-0.2, 0) is 19.6 Å². The molecule has 0 aliphatic rings. The van der Waals surface area contributed by atoms with Crippen molar-refractivity contribution in [2.75, 3.05) is 13.7 Å². The van der Waals surface area contributed by atoms with Crippen LogP contribution in [0.5, 0.6) is 5.75 Å². The summed E-state index contributed by atoms with van der Waals surface area (Å²) in [4.78, 5) is 6.92. The molecule has 6 nitrogen and oxygen atoms in total. The molecule has 0 saturated heterocycles. The lowest BCUT2D eigenvalue weighted by atomic mass is 10.3. The van der Waals surface area contributed by atoms with Crippen molar-refractivity contribution < 1.29 is 4.74 Å². The third-order valence-corrected chi connectivity index (χ3v) is 4.30. The maximum atomic E-state index is 5.24. The monoisotopic (exact) mass is 339 g/mol. The van der Waals surface area contributed by atoms with Gasteiger partial charge in [0.15, 0.2) is 0 Å². The molecule has 25 heavy (non-hydrogen) atoms. The van der Waals surface area contributed by atoms with Gasteiger partial charge in [-0.3, -0.25) is 9.58 Å². The first kappa shape index (κ1) is 17.2. The van der Waals surface area contributed by atoms with Gasteiger partial charge in [-0.25, -0.2) is 4.98 Å². The van der Waals surface area contributed by atoms with Crippen LogP contribution in [0.4, 0.5) is 0 Å². The molecule has 0 saturated carbocycles. The molecule has 0 fully saturated rings. The first-order valence-corrected chi connectivity index (χ1v) is 8.63. The summed E-state index contributed by atoms with van der Waals surface area (Å²) in [6, 6.07) is 8.03. The minimum atomic E-state index is 0.785. The Morgan fingerprint density at radius 1 is 1.12 bits per heavy atom. The molecule has 3 rings (SSSR count). The van der Waals surface area contributed by atoms with E-state index in [1.807, 2.05) is 47.5 Å². The fraction of sp³-hybridized carbons (Fsp3) is 0.368. The average molecular weight is 339 g/mol. The van der Waals surface area contributed by atoms with E-state index < -0.39 is 0 Å². The van der Waals surface area contributed by atoms with Crippen molar-refractivity contribution >= 4 is 0 Å². The summed E-state index contributed by atoms with van der Waals surface area (Å²) in [5, 5.41) is 4.36. The number of imidazole rings is 1. The number of benzene rings is 1. The van der Waals surface area contributed by atoms with Crippen LogP contribution in [-0.4, -0.2) is 37.9 Å². The Morgan fingerprint density at radius 3 is 2.56 bits per heavy atom. The van der Waals surface area contributed by atoms with Crippen LogP contribution in [0.2, 0.25) is 0 Å². The minimum absolute atomic E-state index is 0.785. The topological polar surface area (TPSA) is 48.1 Å². The third kappa shape index (κ3) is 4.09. The Bertz CT molecular complexity index is 790. The Morgan fingerprint density at radius 2 is 1.92 bits per heavy atom. The van der Waals surface area contributed by atoms with E-state index in [0.717, 1.165) is 43.4 Å². The predicted octanol–water partition coefficient (Wildman–Crippen LogP) is 3.12. The van der Waals surface area contributed by atoms with Gasteiger partial charge in [0.2, 0.25) is 0 Å². The average Bonchev–Trinajstić information content (AvgIpc) is 3.30. The summed E-state index contributed by atoms with van der Waals surface area (Å²) in [6.45, 7) is 7.77. The standard InChI is InChI=1S/C19H25N5O/c1-4-22(13-16-12-21-23(5-2)14-16)15-19-20-10-11-24(19)17-6-8-18(25-3)9-7-17/h6-12,14H,4-5,13,15H2,1-3H3. The first-order valence-electron chi connectivity index (χ1n) is 8.63. The molecule has 0 atom stereocenters. The zero-order valence-corrected chi connectivity index (χ0v) is 15.1. The lowest BCUT2D eigenvalue weighted by Crippen LogP contribution is -2.24. The Balaban J connectivity index is 1.73. The number of hydrogen-bond donors (Lipinski definition) is 0. The van der Waals surface area contributed by atoms with Gasteiger partial charge >= 0.3 is 0 Å². The molecule has 0 spiro atoms. The molecule has 0 bridgehead atoms. The van der Waals surface area contributed by atoms with Gasteiger partial charge in [-0.2, -0.15) is 5.10 Å². The number of nitrogens with zero attached hydrogens (tertiary/aromatic N) is 5. The van der Waals surface area contributed by atoms with Gasteiger partial charge in [0.05, 0.1) is 19.9 Å². The molecule has 0 N–H and O–H groups in total. The molecule has 132 valence electrons. The number of aromatic nitrogens is 4. The molecule has 2 aromatic heterocycles. The van der Waals surface area contributed by atoms with Crippen molar-refractivity contribution in [3.63, 3.8) is 0 Å². The zero-order valence-electron chi connectivity index (χ0n) is 15.1. The van der Waals surface area contributed by atoms with E-state index >= 15 is 0 Å². The molecule has 2 heterocycles. The Hall–Kier alpha value is -2.60. The smallest absolute Gasteiger partial charge is 0.127 e. The molecule has 6 heteroatoms. The van der Waals surface area contributed by atoms with E-state index in [9.17, 15) is 0 Å². The van der Waals surface area contributed by atoms with E-state index in [-0.39, 0.29) is 0 Å². The second kappa shape index (κ2) is 7.98. The number of ether oxygens (including phenoxy) is 1. The number of rotatable bonds is 8. The van der Waals surface area contributed by atoms with Crippen LogP contribution in [0.15, 0.2) is 49.1 Å². The molecular formula is C19H25N5O. The van der Waals surface area contributed by atoms with Gasteiger partial charge in [-0.15, -0.1) is 0 Å². The normalized spacial score (nSPS) is 11.2. The van der Waals surface area contributed by atoms with Gasteiger partial charge < -0.3 is 9.30 Å². The van der Waals surface area contributed by atoms with E-state index in [2.05, 4.69) is 39.6 Å². The highest BCUT2D eigenvalue weighted by Gasteiger charge is 2.11. The lowest BCUT2D eigenvalue weighted by molar-refractivity contribution is 0.263. The van der Waals surface area contributed by atoms with Crippen LogP contribution in [0.3, 0.4) is 0 Å². The predicted molar refractivity (Wildman–Crippen MR) is 97.8 cm³/mol. The largest absolute Gasteiger partial charge is 0.497 e. The molecule has 1 aromatic carbocycles. The minimum Gasteiger partial charge on any atom is -0.497 e. The lowest BCUT2D eigenvalue weighted by Gasteiger charge is -2.20. The zero-order chi connectivity index (χ0) is 17.6. The molecular weight excluding hydrogens is 314 g/mol. The van der Waals surface area contributed by atoms with Gasteiger partial charge in [0.25, 0.3) is 0 Å². The summed E-state index contributed by atoms with van der Waals surface area (Å²) in [7, 11) is 1.68. The second-order valence-corrected chi connectivity index (χ2v) is 5.92. The van der Waals surface area contributed by atoms with E-state index in [4.69, 9.17) is 4.74 Å². The molecule has 0 radical (unpaired) electrons. The third-order valence-electron chi connectivity index (χ3n) is 4.30. The van der Waals surface area contributed by atoms with Gasteiger partial charge in [-0.05, 0) is 37.7 Å². The SMILES string of the molecule is CCN(Cc1cnn(CC)c1)Cc1nccn1-c1ccc(OC)cc1. The maximum absolute atomic E-state index is 5.24. The summed E-state index contributed by atoms with van der Waals surface area (Å²) >= 11 is 0. The van der Waals surface area contributed by atoms with E-state index in [0.29, 0.717) is 0 Å². The summed E-state index contributed by atoms with van der Waals surface area (Å²) < 4.78 is 9.32. The van der Waals surface area contributed by atoms with Gasteiger partial charge in [0.1, 0.15) is 11.6 Å². The summed E-state index contributed by atoms with van der Waals surface area (Å²) in [6.07, 6.45) is 7.91. The summed E-state index contributed by atoms with van der Waals surface area (Å²) in [5.74, 6) is 1.88. The molecule has 0 unspecified atom stereocenters. The summed E-state index contributed by atoms with van der Waals surface area (Å²) in [5.41, 5.74) is 2.31. The van der Waals surface area contributed by atoms with Crippen molar-refractivity contribution in [3.05, 3.63) is 60.4 Å². The van der Waals surface area contributed by atoms with Crippen LogP contribution >= 0.6 is 0 Å². The fourth-order valence-electron chi connectivity index (χ4n) is 2.83. The second-order valence-electron chi connectivity index (χ2n) is 5.92.